The lowest BCUT2D eigenvalue weighted by Gasteiger charge is -2.26. The van der Waals surface area contributed by atoms with Gasteiger partial charge in [-0.05, 0) is 50.5 Å². The third kappa shape index (κ3) is 3.84. The van der Waals surface area contributed by atoms with Crippen molar-refractivity contribution in [2.45, 2.75) is 45.4 Å². The fourth-order valence-corrected chi connectivity index (χ4v) is 2.72. The zero-order valence-corrected chi connectivity index (χ0v) is 14.2. The van der Waals surface area contributed by atoms with Gasteiger partial charge < -0.3 is 20.1 Å². The van der Waals surface area contributed by atoms with Crippen LogP contribution >= 0.6 is 11.6 Å². The van der Waals surface area contributed by atoms with Crippen molar-refractivity contribution in [1.82, 2.24) is 4.90 Å². The molecule has 0 fully saturated rings. The smallest absolute Gasteiger partial charge is 0.410 e. The number of carbonyl (C=O) groups is 1. The van der Waals surface area contributed by atoms with E-state index in [4.69, 9.17) is 26.8 Å². The molecule has 22 heavy (non-hydrogen) atoms. The zero-order chi connectivity index (χ0) is 16.5. The molecule has 2 rings (SSSR count). The molecule has 0 radical (unpaired) electrons. The maximum atomic E-state index is 12.3. The summed E-state index contributed by atoms with van der Waals surface area (Å²) in [4.78, 5) is 14.0. The number of rotatable bonds is 1. The van der Waals surface area contributed by atoms with E-state index in [-0.39, 0.29) is 12.1 Å². The van der Waals surface area contributed by atoms with Crippen LogP contribution < -0.4 is 10.5 Å². The second kappa shape index (κ2) is 6.34. The van der Waals surface area contributed by atoms with Crippen LogP contribution in [0.2, 0.25) is 5.02 Å². The predicted molar refractivity (Wildman–Crippen MR) is 86.2 cm³/mol. The Labute approximate surface area is 136 Å². The van der Waals surface area contributed by atoms with Crippen LogP contribution in [0, 0.1) is 0 Å². The Balaban J connectivity index is 2.29. The van der Waals surface area contributed by atoms with Crippen LogP contribution in [0.4, 0.5) is 4.79 Å². The fourth-order valence-electron chi connectivity index (χ4n) is 2.47. The molecule has 1 heterocycles. The number of halogens is 1. The van der Waals surface area contributed by atoms with Gasteiger partial charge in [-0.15, -0.1) is 0 Å². The molecule has 2 N–H and O–H groups in total. The van der Waals surface area contributed by atoms with Crippen molar-refractivity contribution in [2.24, 2.45) is 5.73 Å². The van der Waals surface area contributed by atoms with E-state index in [2.05, 4.69) is 0 Å². The molecular weight excluding hydrogens is 304 g/mol. The molecule has 5 nitrogen and oxygen atoms in total. The number of nitrogens with two attached hydrogens (primary N) is 1. The molecule has 0 unspecified atom stereocenters. The molecule has 0 spiro atoms. The van der Waals surface area contributed by atoms with Crippen LogP contribution in [0.5, 0.6) is 5.75 Å². The monoisotopic (exact) mass is 326 g/mol. The van der Waals surface area contributed by atoms with Gasteiger partial charge in [-0.3, -0.25) is 0 Å². The minimum absolute atomic E-state index is 0.161. The van der Waals surface area contributed by atoms with E-state index in [0.717, 1.165) is 11.1 Å². The summed E-state index contributed by atoms with van der Waals surface area (Å²) >= 11 is 6.18. The van der Waals surface area contributed by atoms with Crippen LogP contribution in [0.15, 0.2) is 12.1 Å². The summed E-state index contributed by atoms with van der Waals surface area (Å²) in [6.07, 6.45) is 0.330. The van der Waals surface area contributed by atoms with Crippen molar-refractivity contribution >= 4 is 17.7 Å². The van der Waals surface area contributed by atoms with Gasteiger partial charge in [-0.1, -0.05) is 11.6 Å². The first-order chi connectivity index (χ1) is 10.2. The molecule has 0 aromatic heterocycles. The highest BCUT2D eigenvalue weighted by molar-refractivity contribution is 6.32. The molecule has 0 aliphatic carbocycles. The lowest BCUT2D eigenvalue weighted by molar-refractivity contribution is 0.0235. The van der Waals surface area contributed by atoms with Crippen LogP contribution in [-0.4, -0.2) is 30.2 Å². The summed E-state index contributed by atoms with van der Waals surface area (Å²) in [7, 11) is 1.57. The molecule has 1 aliphatic heterocycles. The highest BCUT2D eigenvalue weighted by Gasteiger charge is 2.27. The average molecular weight is 327 g/mol. The Morgan fingerprint density at radius 2 is 2.09 bits per heavy atom. The predicted octanol–water partition coefficient (Wildman–Crippen LogP) is 3.49. The molecule has 1 aromatic carbocycles. The highest BCUT2D eigenvalue weighted by Crippen LogP contribution is 2.34. The zero-order valence-electron chi connectivity index (χ0n) is 13.5. The number of fused-ring (bicyclic) bond motifs is 1. The number of hydrogen-bond donors (Lipinski definition) is 1. The largest absolute Gasteiger partial charge is 0.495 e. The minimum Gasteiger partial charge on any atom is -0.495 e. The van der Waals surface area contributed by atoms with Gasteiger partial charge in [0.05, 0.1) is 12.1 Å². The van der Waals surface area contributed by atoms with Crippen LogP contribution in [0.1, 0.15) is 44.4 Å². The number of nitrogens with zero attached hydrogens (tertiary/aromatic N) is 1. The van der Waals surface area contributed by atoms with E-state index in [9.17, 15) is 4.79 Å². The Morgan fingerprint density at radius 3 is 2.68 bits per heavy atom. The van der Waals surface area contributed by atoms with Gasteiger partial charge in [0.1, 0.15) is 11.4 Å². The number of amides is 1. The standard InChI is InChI=1S/C16H23ClN2O3/c1-16(2,3)22-15(20)19-6-5-13(18)11-8-12(17)14(21-4)7-10(11)9-19/h7-8,13H,5-6,9,18H2,1-4H3/t13-/m0/s1. The van der Waals surface area contributed by atoms with Crippen LogP contribution in [0.3, 0.4) is 0 Å². The molecule has 0 saturated carbocycles. The van der Waals surface area contributed by atoms with Gasteiger partial charge in [0.15, 0.2) is 0 Å². The first-order valence-corrected chi connectivity index (χ1v) is 7.69. The molecule has 6 heteroatoms. The van der Waals surface area contributed by atoms with Crippen molar-refractivity contribution in [2.75, 3.05) is 13.7 Å². The van der Waals surface area contributed by atoms with Gasteiger partial charge in [0.25, 0.3) is 0 Å². The lowest BCUT2D eigenvalue weighted by atomic mass is 10.00. The molecule has 1 amide bonds. The molecule has 0 saturated heterocycles. The van der Waals surface area contributed by atoms with E-state index in [0.29, 0.717) is 30.3 Å². The summed E-state index contributed by atoms with van der Waals surface area (Å²) in [5, 5.41) is 0.530. The van der Waals surface area contributed by atoms with Crippen LogP contribution in [0.25, 0.3) is 0 Å². The number of methoxy groups -OCH3 is 1. The van der Waals surface area contributed by atoms with Gasteiger partial charge in [-0.25, -0.2) is 4.79 Å². The van der Waals surface area contributed by atoms with Crippen LogP contribution in [-0.2, 0) is 11.3 Å². The Bertz CT molecular complexity index is 569. The summed E-state index contributed by atoms with van der Waals surface area (Å²) in [5.74, 6) is 0.582. The summed E-state index contributed by atoms with van der Waals surface area (Å²) in [5.41, 5.74) is 7.59. The van der Waals surface area contributed by atoms with Gasteiger partial charge in [-0.2, -0.15) is 0 Å². The van der Waals surface area contributed by atoms with Crippen molar-refractivity contribution < 1.29 is 14.3 Å². The highest BCUT2D eigenvalue weighted by atomic mass is 35.5. The number of ether oxygens (including phenoxy) is 2. The average Bonchev–Trinajstić information content (AvgIpc) is 2.56. The number of carbonyl (C=O) groups excluding carboxylic acids is 1. The second-order valence-electron chi connectivity index (χ2n) is 6.48. The molecule has 122 valence electrons. The Morgan fingerprint density at radius 1 is 1.41 bits per heavy atom. The van der Waals surface area contributed by atoms with Crippen molar-refractivity contribution in [3.8, 4) is 5.75 Å². The second-order valence-corrected chi connectivity index (χ2v) is 6.89. The van der Waals surface area contributed by atoms with Gasteiger partial charge >= 0.3 is 6.09 Å². The SMILES string of the molecule is COc1cc2c(cc1Cl)[C@@H](N)CCN(C(=O)OC(C)(C)C)C2. The first-order valence-electron chi connectivity index (χ1n) is 7.31. The lowest BCUT2D eigenvalue weighted by Crippen LogP contribution is -2.36. The third-order valence-electron chi connectivity index (χ3n) is 3.54. The van der Waals surface area contributed by atoms with Crippen molar-refractivity contribution in [3.05, 3.63) is 28.3 Å². The maximum Gasteiger partial charge on any atom is 0.410 e. The van der Waals surface area contributed by atoms with E-state index in [1.807, 2.05) is 32.9 Å². The van der Waals surface area contributed by atoms with Gasteiger partial charge in [0, 0.05) is 19.1 Å². The summed E-state index contributed by atoms with van der Waals surface area (Å²) in [6, 6.07) is 3.52. The number of benzene rings is 1. The Hall–Kier alpha value is -1.46. The topological polar surface area (TPSA) is 64.8 Å². The quantitative estimate of drug-likeness (QED) is 0.858. The van der Waals surface area contributed by atoms with E-state index in [1.165, 1.54) is 0 Å². The van der Waals surface area contributed by atoms with Crippen molar-refractivity contribution in [3.63, 3.8) is 0 Å². The fraction of sp³-hybridized carbons (Fsp3) is 0.562. The molecule has 1 atom stereocenters. The first kappa shape index (κ1) is 16.9. The molecule has 1 aliphatic rings. The van der Waals surface area contributed by atoms with E-state index < -0.39 is 5.60 Å². The summed E-state index contributed by atoms with van der Waals surface area (Å²) in [6.45, 7) is 6.54. The number of hydrogen-bond acceptors (Lipinski definition) is 4. The summed E-state index contributed by atoms with van der Waals surface area (Å²) < 4.78 is 10.7. The van der Waals surface area contributed by atoms with Gasteiger partial charge in [0.2, 0.25) is 0 Å². The molecular formula is C16H23ClN2O3. The van der Waals surface area contributed by atoms with E-state index >= 15 is 0 Å². The Kier molecular flexibility index (Phi) is 4.87. The minimum atomic E-state index is -0.522. The maximum absolute atomic E-state index is 12.3. The van der Waals surface area contributed by atoms with Crippen molar-refractivity contribution in [1.29, 1.82) is 0 Å². The van der Waals surface area contributed by atoms with E-state index in [1.54, 1.807) is 12.0 Å². The molecule has 1 aromatic rings. The molecule has 0 bridgehead atoms. The normalized spacial score (nSPS) is 18.5. The third-order valence-corrected chi connectivity index (χ3v) is 3.83.